The highest BCUT2D eigenvalue weighted by Gasteiger charge is 2.35. The van der Waals surface area contributed by atoms with Crippen LogP contribution in [0, 0.1) is 18.3 Å². The molecule has 0 radical (unpaired) electrons. The maximum absolute atomic E-state index is 8.78. The number of thioether (sulfide) groups is 1. The highest BCUT2D eigenvalue weighted by molar-refractivity contribution is 7.99. The van der Waals surface area contributed by atoms with E-state index in [9.17, 15) is 0 Å². The molecule has 0 aliphatic carbocycles. The van der Waals surface area contributed by atoms with Gasteiger partial charge in [0, 0.05) is 42.2 Å². The topological polar surface area (TPSA) is 43.2 Å². The van der Waals surface area contributed by atoms with Gasteiger partial charge in [-0.3, -0.25) is 10.4 Å². The van der Waals surface area contributed by atoms with Gasteiger partial charge < -0.3 is 9.80 Å². The Labute approximate surface area is 234 Å². The Morgan fingerprint density at radius 3 is 2.58 bits per heavy atom. The van der Waals surface area contributed by atoms with Gasteiger partial charge in [-0.05, 0) is 66.7 Å². The maximum Gasteiger partial charge on any atom is 0.129 e. The summed E-state index contributed by atoms with van der Waals surface area (Å²) < 4.78 is 0. The minimum atomic E-state index is 0.195. The monoisotopic (exact) mass is 530 g/mol. The minimum Gasteiger partial charge on any atom is -0.350 e. The maximum atomic E-state index is 8.78. The predicted octanol–water partition coefficient (Wildman–Crippen LogP) is 7.48. The molecule has 38 heavy (non-hydrogen) atoms. The fourth-order valence-corrected chi connectivity index (χ4v) is 6.84. The van der Waals surface area contributed by atoms with Crippen molar-refractivity contribution in [1.29, 1.82) is 5.41 Å². The highest BCUT2D eigenvalue weighted by atomic mass is 32.2. The standard InChI is InChI=1S/C33H46N4S/c1-24-20-33(6,27-15-13-26(14-16-27)32(3,4)5)22-37(21-24)18-9-19-38-23-36(7)31(34)29-10-8-11-30-28(29)17-12-25(2)35-30/h8,10-17,24,34H,9,18-23H2,1-7H3/t24-,33-/m1/s1. The van der Waals surface area contributed by atoms with E-state index in [0.717, 1.165) is 46.9 Å². The highest BCUT2D eigenvalue weighted by Crippen LogP contribution is 2.37. The SMILES string of the molecule is Cc1ccc2c(C(=N)N(C)CSCCCN3C[C@H](C)C[C@@](C)(c4ccc(C(C)(C)C)cc4)C3)cccc2n1. The number of amidine groups is 1. The number of pyridine rings is 1. The molecule has 4 rings (SSSR count). The second kappa shape index (κ2) is 11.8. The van der Waals surface area contributed by atoms with Crippen molar-refractivity contribution in [3.05, 3.63) is 77.0 Å². The number of likely N-dealkylation sites (tertiary alicyclic amines) is 1. The first-order valence-corrected chi connectivity index (χ1v) is 15.2. The van der Waals surface area contributed by atoms with E-state index in [1.807, 2.05) is 50.0 Å². The summed E-state index contributed by atoms with van der Waals surface area (Å²) in [5, 5.41) is 9.83. The van der Waals surface area contributed by atoms with Crippen molar-refractivity contribution in [3.63, 3.8) is 0 Å². The van der Waals surface area contributed by atoms with Gasteiger partial charge in [-0.15, -0.1) is 11.8 Å². The van der Waals surface area contributed by atoms with E-state index >= 15 is 0 Å². The number of hydrogen-bond donors (Lipinski definition) is 1. The van der Waals surface area contributed by atoms with Crippen LogP contribution in [0.15, 0.2) is 54.6 Å². The minimum absolute atomic E-state index is 0.195. The number of fused-ring (bicyclic) bond motifs is 1. The summed E-state index contributed by atoms with van der Waals surface area (Å²) in [5.74, 6) is 3.19. The average Bonchev–Trinajstić information content (AvgIpc) is 2.86. The summed E-state index contributed by atoms with van der Waals surface area (Å²) in [6.45, 7) is 17.2. The number of nitrogens with one attached hydrogen (secondary N) is 1. The molecular weight excluding hydrogens is 484 g/mol. The molecule has 204 valence electrons. The van der Waals surface area contributed by atoms with Crippen LogP contribution in [-0.2, 0) is 10.8 Å². The average molecular weight is 531 g/mol. The smallest absolute Gasteiger partial charge is 0.129 e. The summed E-state index contributed by atoms with van der Waals surface area (Å²) in [4.78, 5) is 9.37. The van der Waals surface area contributed by atoms with Crippen LogP contribution < -0.4 is 0 Å². The molecule has 4 nitrogen and oxygen atoms in total. The van der Waals surface area contributed by atoms with Crippen LogP contribution in [0.1, 0.15) is 69.8 Å². The van der Waals surface area contributed by atoms with Gasteiger partial charge in [0.2, 0.25) is 0 Å². The molecule has 1 aromatic heterocycles. The molecule has 0 amide bonds. The molecular formula is C33H46N4S. The molecule has 3 aromatic rings. The third-order valence-electron chi connectivity index (χ3n) is 7.95. The number of hydrogen-bond acceptors (Lipinski definition) is 4. The molecule has 2 aromatic carbocycles. The first-order valence-electron chi connectivity index (χ1n) is 14.0. The van der Waals surface area contributed by atoms with Crippen LogP contribution in [0.2, 0.25) is 0 Å². The molecule has 5 heteroatoms. The molecule has 1 aliphatic rings. The van der Waals surface area contributed by atoms with E-state index in [4.69, 9.17) is 5.41 Å². The largest absolute Gasteiger partial charge is 0.350 e. The van der Waals surface area contributed by atoms with Gasteiger partial charge in [0.25, 0.3) is 0 Å². The first-order chi connectivity index (χ1) is 18.0. The molecule has 0 bridgehead atoms. The van der Waals surface area contributed by atoms with Crippen LogP contribution in [0.4, 0.5) is 0 Å². The fourth-order valence-electron chi connectivity index (χ4n) is 5.97. The van der Waals surface area contributed by atoms with Crippen molar-refractivity contribution in [1.82, 2.24) is 14.8 Å². The third kappa shape index (κ3) is 6.79. The van der Waals surface area contributed by atoms with Gasteiger partial charge in [0.05, 0.1) is 11.4 Å². The summed E-state index contributed by atoms with van der Waals surface area (Å²) in [5.41, 5.74) is 6.22. The van der Waals surface area contributed by atoms with Crippen LogP contribution >= 0.6 is 11.8 Å². The summed E-state index contributed by atoms with van der Waals surface area (Å²) >= 11 is 1.92. The quantitative estimate of drug-likeness (QED) is 0.142. The predicted molar refractivity (Wildman–Crippen MR) is 166 cm³/mol. The zero-order valence-electron chi connectivity index (χ0n) is 24.5. The third-order valence-corrected chi connectivity index (χ3v) is 9.09. The van der Waals surface area contributed by atoms with Crippen LogP contribution in [0.3, 0.4) is 0 Å². The van der Waals surface area contributed by atoms with E-state index in [0.29, 0.717) is 11.8 Å². The molecule has 1 N–H and O–H groups in total. The summed E-state index contributed by atoms with van der Waals surface area (Å²) in [6, 6.07) is 19.6. The fraction of sp³-hybridized carbons (Fsp3) is 0.515. The van der Waals surface area contributed by atoms with Crippen LogP contribution in [0.25, 0.3) is 10.9 Å². The lowest BCUT2D eigenvalue weighted by Crippen LogP contribution is -2.48. The second-order valence-electron chi connectivity index (χ2n) is 12.7. The van der Waals surface area contributed by atoms with Crippen molar-refractivity contribution in [2.24, 2.45) is 5.92 Å². The Morgan fingerprint density at radius 1 is 1.13 bits per heavy atom. The lowest BCUT2D eigenvalue weighted by molar-refractivity contribution is 0.116. The summed E-state index contributed by atoms with van der Waals surface area (Å²) in [7, 11) is 2.03. The zero-order chi connectivity index (χ0) is 27.5. The molecule has 0 spiro atoms. The molecule has 2 heterocycles. The molecule has 2 atom stereocenters. The van der Waals surface area contributed by atoms with Gasteiger partial charge in [-0.1, -0.05) is 77.1 Å². The number of nitrogens with zero attached hydrogens (tertiary/aromatic N) is 3. The zero-order valence-corrected chi connectivity index (χ0v) is 25.3. The van der Waals surface area contributed by atoms with Gasteiger partial charge in [0.1, 0.15) is 5.84 Å². The van der Waals surface area contributed by atoms with E-state index in [1.165, 1.54) is 30.5 Å². The Morgan fingerprint density at radius 2 is 1.87 bits per heavy atom. The van der Waals surface area contributed by atoms with Crippen molar-refractivity contribution in [3.8, 4) is 0 Å². The van der Waals surface area contributed by atoms with Gasteiger partial charge in [-0.25, -0.2) is 0 Å². The van der Waals surface area contributed by atoms with Gasteiger partial charge in [0.15, 0.2) is 0 Å². The van der Waals surface area contributed by atoms with Crippen molar-refractivity contribution >= 4 is 28.5 Å². The number of piperidine rings is 1. The summed E-state index contributed by atoms with van der Waals surface area (Å²) in [6.07, 6.45) is 2.43. The molecule has 1 aliphatic heterocycles. The van der Waals surface area contributed by atoms with Gasteiger partial charge >= 0.3 is 0 Å². The molecule has 0 saturated carbocycles. The van der Waals surface area contributed by atoms with E-state index < -0.39 is 0 Å². The lowest BCUT2D eigenvalue weighted by atomic mass is 9.72. The number of rotatable bonds is 8. The van der Waals surface area contributed by atoms with Crippen LogP contribution in [0.5, 0.6) is 0 Å². The van der Waals surface area contributed by atoms with E-state index in [-0.39, 0.29) is 10.8 Å². The number of aromatic nitrogens is 1. The Balaban J connectivity index is 1.27. The van der Waals surface area contributed by atoms with E-state index in [1.54, 1.807) is 0 Å². The molecule has 1 saturated heterocycles. The van der Waals surface area contributed by atoms with Crippen molar-refractivity contribution in [2.45, 2.75) is 65.2 Å². The van der Waals surface area contributed by atoms with Crippen molar-refractivity contribution in [2.75, 3.05) is 38.3 Å². The second-order valence-corrected chi connectivity index (χ2v) is 13.8. The van der Waals surface area contributed by atoms with Crippen LogP contribution in [-0.4, -0.2) is 58.9 Å². The number of benzene rings is 2. The molecule has 1 fully saturated rings. The van der Waals surface area contributed by atoms with Gasteiger partial charge in [-0.2, -0.15) is 0 Å². The first kappa shape index (κ1) is 28.6. The Bertz CT molecular complexity index is 1250. The number of aryl methyl sites for hydroxylation is 1. The molecule has 0 unspecified atom stereocenters. The Kier molecular flexibility index (Phi) is 8.89. The lowest BCUT2D eigenvalue weighted by Gasteiger charge is -2.44. The van der Waals surface area contributed by atoms with E-state index in [2.05, 4.69) is 79.7 Å². The normalized spacial score (nSPS) is 20.6. The van der Waals surface area contributed by atoms with Crippen molar-refractivity contribution < 1.29 is 0 Å². The Hall–Kier alpha value is -2.37.